The standard InChI is InChI=1S/C8H17O4P/c1-3-8(2)12-13(10,11)7-5-4-6-9/h5,7-9H,3-4,6H2,1-2H3,(H,10,11). The van der Waals surface area contributed by atoms with Gasteiger partial charge in [0.1, 0.15) is 0 Å². The average molecular weight is 208 g/mol. The van der Waals surface area contributed by atoms with E-state index in [9.17, 15) is 9.46 Å². The van der Waals surface area contributed by atoms with Crippen LogP contribution in [0.5, 0.6) is 0 Å². The summed E-state index contributed by atoms with van der Waals surface area (Å²) in [6.45, 7) is 3.59. The zero-order valence-corrected chi connectivity index (χ0v) is 8.91. The smallest absolute Gasteiger partial charge is 0.351 e. The molecule has 0 fully saturated rings. The van der Waals surface area contributed by atoms with Crippen LogP contribution in [0.25, 0.3) is 0 Å². The van der Waals surface area contributed by atoms with Crippen molar-refractivity contribution in [3.63, 3.8) is 0 Å². The molecule has 4 nitrogen and oxygen atoms in total. The quantitative estimate of drug-likeness (QED) is 0.654. The van der Waals surface area contributed by atoms with Gasteiger partial charge in [-0.1, -0.05) is 13.0 Å². The molecule has 0 aliphatic carbocycles. The number of rotatable bonds is 6. The van der Waals surface area contributed by atoms with Crippen LogP contribution < -0.4 is 0 Å². The molecule has 0 aromatic carbocycles. The summed E-state index contributed by atoms with van der Waals surface area (Å²) in [5.41, 5.74) is 0. The molecule has 0 saturated carbocycles. The van der Waals surface area contributed by atoms with Crippen molar-refractivity contribution in [2.24, 2.45) is 0 Å². The third-order valence-electron chi connectivity index (χ3n) is 1.50. The highest BCUT2D eigenvalue weighted by molar-refractivity contribution is 7.56. The fourth-order valence-corrected chi connectivity index (χ4v) is 1.80. The summed E-state index contributed by atoms with van der Waals surface area (Å²) < 4.78 is 16.1. The van der Waals surface area contributed by atoms with Crippen molar-refractivity contribution in [1.29, 1.82) is 0 Å². The lowest BCUT2D eigenvalue weighted by molar-refractivity contribution is 0.191. The van der Waals surface area contributed by atoms with E-state index in [1.165, 1.54) is 6.08 Å². The normalized spacial score (nSPS) is 18.8. The van der Waals surface area contributed by atoms with Gasteiger partial charge in [-0.05, 0) is 19.8 Å². The summed E-state index contributed by atoms with van der Waals surface area (Å²) in [6.07, 6.45) is 2.28. The fourth-order valence-electron chi connectivity index (χ4n) is 0.650. The van der Waals surface area contributed by atoms with Crippen LogP contribution in [0.15, 0.2) is 11.9 Å². The van der Waals surface area contributed by atoms with Gasteiger partial charge in [-0.25, -0.2) is 0 Å². The van der Waals surface area contributed by atoms with Crippen LogP contribution in [-0.2, 0) is 9.09 Å². The number of hydrogen-bond donors (Lipinski definition) is 2. The molecular weight excluding hydrogens is 191 g/mol. The van der Waals surface area contributed by atoms with Gasteiger partial charge in [0.25, 0.3) is 0 Å². The van der Waals surface area contributed by atoms with Crippen LogP contribution >= 0.6 is 7.60 Å². The number of aliphatic hydroxyl groups is 1. The van der Waals surface area contributed by atoms with Crippen LogP contribution in [0, 0.1) is 0 Å². The Bertz CT molecular complexity index is 202. The third kappa shape index (κ3) is 6.96. The fraction of sp³-hybridized carbons (Fsp3) is 0.750. The average Bonchev–Trinajstić information content (AvgIpc) is 2.03. The second-order valence-corrected chi connectivity index (χ2v) is 4.42. The van der Waals surface area contributed by atoms with Gasteiger partial charge in [-0.15, -0.1) is 0 Å². The summed E-state index contributed by atoms with van der Waals surface area (Å²) in [6, 6.07) is 0. The van der Waals surface area contributed by atoms with Crippen LogP contribution in [0.4, 0.5) is 0 Å². The predicted octanol–water partition coefficient (Wildman–Crippen LogP) is 1.88. The Labute approximate surface area is 78.8 Å². The van der Waals surface area contributed by atoms with Crippen molar-refractivity contribution < 1.29 is 19.1 Å². The lowest BCUT2D eigenvalue weighted by Gasteiger charge is -2.13. The topological polar surface area (TPSA) is 66.8 Å². The molecule has 0 aliphatic rings. The minimum Gasteiger partial charge on any atom is -0.396 e. The Hall–Kier alpha value is -0.150. The lowest BCUT2D eigenvalue weighted by Crippen LogP contribution is -2.02. The Morgan fingerprint density at radius 3 is 2.69 bits per heavy atom. The van der Waals surface area contributed by atoms with Crippen molar-refractivity contribution in [1.82, 2.24) is 0 Å². The molecule has 0 aromatic heterocycles. The summed E-state index contributed by atoms with van der Waals surface area (Å²) in [4.78, 5) is 9.21. The van der Waals surface area contributed by atoms with Crippen molar-refractivity contribution in [3.05, 3.63) is 11.9 Å². The minimum atomic E-state index is -3.59. The molecule has 13 heavy (non-hydrogen) atoms. The number of hydrogen-bond acceptors (Lipinski definition) is 3. The van der Waals surface area contributed by atoms with Gasteiger partial charge in [-0.3, -0.25) is 4.57 Å². The molecule has 78 valence electrons. The van der Waals surface area contributed by atoms with Gasteiger partial charge < -0.3 is 14.5 Å². The van der Waals surface area contributed by atoms with E-state index in [1.807, 2.05) is 6.92 Å². The highest BCUT2D eigenvalue weighted by atomic mass is 31.2. The first-order valence-electron chi connectivity index (χ1n) is 4.31. The Balaban J connectivity index is 4.00. The van der Waals surface area contributed by atoms with Crippen LogP contribution in [0.2, 0.25) is 0 Å². The van der Waals surface area contributed by atoms with Gasteiger partial charge in [0, 0.05) is 12.4 Å². The van der Waals surface area contributed by atoms with Gasteiger partial charge in [-0.2, -0.15) is 0 Å². The van der Waals surface area contributed by atoms with E-state index in [-0.39, 0.29) is 12.7 Å². The van der Waals surface area contributed by atoms with Crippen LogP contribution in [0.3, 0.4) is 0 Å². The zero-order valence-electron chi connectivity index (χ0n) is 8.01. The van der Waals surface area contributed by atoms with E-state index in [4.69, 9.17) is 9.63 Å². The maximum absolute atomic E-state index is 11.2. The maximum atomic E-state index is 11.2. The molecule has 0 aromatic rings. The van der Waals surface area contributed by atoms with Crippen molar-refractivity contribution in [3.8, 4) is 0 Å². The molecule has 0 bridgehead atoms. The van der Waals surface area contributed by atoms with E-state index in [2.05, 4.69) is 0 Å². The van der Waals surface area contributed by atoms with Gasteiger partial charge in [0.2, 0.25) is 0 Å². The molecule has 2 unspecified atom stereocenters. The van der Waals surface area contributed by atoms with E-state index in [1.54, 1.807) is 6.92 Å². The van der Waals surface area contributed by atoms with E-state index >= 15 is 0 Å². The molecule has 0 heterocycles. The minimum absolute atomic E-state index is 0.0279. The zero-order chi connectivity index (χ0) is 10.3. The largest absolute Gasteiger partial charge is 0.396 e. The summed E-state index contributed by atoms with van der Waals surface area (Å²) in [7, 11) is -3.59. The summed E-state index contributed by atoms with van der Waals surface area (Å²) in [5.74, 6) is 1.12. The van der Waals surface area contributed by atoms with E-state index in [0.29, 0.717) is 12.8 Å². The van der Waals surface area contributed by atoms with Crippen molar-refractivity contribution >= 4 is 7.60 Å². The third-order valence-corrected chi connectivity index (χ3v) is 2.74. The second kappa shape index (κ2) is 6.33. The lowest BCUT2D eigenvalue weighted by atomic mass is 10.3. The highest BCUT2D eigenvalue weighted by Crippen LogP contribution is 2.45. The highest BCUT2D eigenvalue weighted by Gasteiger charge is 2.17. The summed E-state index contributed by atoms with van der Waals surface area (Å²) in [5, 5.41) is 8.43. The second-order valence-electron chi connectivity index (χ2n) is 2.79. The maximum Gasteiger partial charge on any atom is 0.351 e. The predicted molar refractivity (Wildman–Crippen MR) is 51.5 cm³/mol. The first kappa shape index (κ1) is 12.8. The van der Waals surface area contributed by atoms with Crippen molar-refractivity contribution in [2.75, 3.05) is 6.61 Å². The van der Waals surface area contributed by atoms with Crippen LogP contribution in [-0.4, -0.2) is 22.7 Å². The molecule has 0 rings (SSSR count). The number of aliphatic hydroxyl groups excluding tert-OH is 1. The van der Waals surface area contributed by atoms with Crippen molar-refractivity contribution in [2.45, 2.75) is 32.8 Å². The molecule has 2 N–H and O–H groups in total. The Morgan fingerprint density at radius 2 is 2.23 bits per heavy atom. The van der Waals surface area contributed by atoms with Gasteiger partial charge >= 0.3 is 7.60 Å². The van der Waals surface area contributed by atoms with E-state index in [0.717, 1.165) is 5.82 Å². The first-order valence-corrected chi connectivity index (χ1v) is 5.96. The Morgan fingerprint density at radius 1 is 1.62 bits per heavy atom. The molecular formula is C8H17O4P. The monoisotopic (exact) mass is 208 g/mol. The first-order chi connectivity index (χ1) is 6.02. The Kier molecular flexibility index (Phi) is 6.25. The summed E-state index contributed by atoms with van der Waals surface area (Å²) >= 11 is 0. The van der Waals surface area contributed by atoms with E-state index < -0.39 is 7.60 Å². The molecule has 0 aliphatic heterocycles. The molecule has 2 atom stereocenters. The molecule has 5 heteroatoms. The SMILES string of the molecule is CCC(C)OP(=O)(O)C=CCCO. The van der Waals surface area contributed by atoms with Crippen LogP contribution in [0.1, 0.15) is 26.7 Å². The van der Waals surface area contributed by atoms with Gasteiger partial charge in [0.05, 0.1) is 6.10 Å². The van der Waals surface area contributed by atoms with Gasteiger partial charge in [0.15, 0.2) is 0 Å². The molecule has 0 saturated heterocycles. The molecule has 0 radical (unpaired) electrons. The molecule has 0 spiro atoms. The molecule has 0 amide bonds.